The van der Waals surface area contributed by atoms with E-state index >= 15 is 0 Å². The molecule has 3 aromatic rings. The molecular weight excluding hydrogens is 424 g/mol. The first-order chi connectivity index (χ1) is 15.3. The normalized spacial score (nSPS) is 16.2. The van der Waals surface area contributed by atoms with Gasteiger partial charge >= 0.3 is 0 Å². The summed E-state index contributed by atoms with van der Waals surface area (Å²) in [5, 5.41) is 2.78. The molecular formula is C24H26N4O3S. The highest BCUT2D eigenvalue weighted by Gasteiger charge is 2.19. The van der Waals surface area contributed by atoms with Crippen LogP contribution in [0.15, 0.2) is 53.4 Å². The van der Waals surface area contributed by atoms with Gasteiger partial charge in [0, 0.05) is 23.4 Å². The van der Waals surface area contributed by atoms with Crippen molar-refractivity contribution in [3.8, 4) is 11.3 Å². The zero-order valence-corrected chi connectivity index (χ0v) is 19.0. The molecule has 8 heteroatoms. The van der Waals surface area contributed by atoms with Crippen LogP contribution in [-0.2, 0) is 21.2 Å². The van der Waals surface area contributed by atoms with E-state index in [9.17, 15) is 13.2 Å². The number of amides is 1. The lowest BCUT2D eigenvalue weighted by Crippen LogP contribution is -2.17. The molecule has 0 spiro atoms. The second kappa shape index (κ2) is 9.08. The third-order valence-corrected chi connectivity index (χ3v) is 6.83. The Labute approximate surface area is 188 Å². The fourth-order valence-corrected chi connectivity index (χ4v) is 4.92. The Hall–Kier alpha value is -3.26. The highest BCUT2D eigenvalue weighted by molar-refractivity contribution is 7.92. The first-order valence-corrected chi connectivity index (χ1v) is 12.2. The highest BCUT2D eigenvalue weighted by Crippen LogP contribution is 2.28. The lowest BCUT2D eigenvalue weighted by atomic mass is 9.99. The molecule has 0 fully saturated rings. The van der Waals surface area contributed by atoms with Crippen molar-refractivity contribution in [1.82, 2.24) is 9.97 Å². The Morgan fingerprint density at radius 2 is 1.59 bits per heavy atom. The molecule has 0 saturated carbocycles. The Morgan fingerprint density at radius 1 is 0.875 bits per heavy atom. The molecule has 2 N–H and O–H groups in total. The van der Waals surface area contributed by atoms with Crippen LogP contribution in [0.25, 0.3) is 11.3 Å². The van der Waals surface area contributed by atoms with Crippen LogP contribution < -0.4 is 10.0 Å². The maximum absolute atomic E-state index is 13.1. The number of anilines is 2. The molecule has 166 valence electrons. The maximum Gasteiger partial charge on any atom is 0.264 e. The largest absolute Gasteiger partial charge is 0.326 e. The number of aromatic nitrogens is 2. The van der Waals surface area contributed by atoms with Crippen molar-refractivity contribution in [3.05, 3.63) is 65.4 Å². The number of aryl methyl sites for hydroxylation is 3. The summed E-state index contributed by atoms with van der Waals surface area (Å²) < 4.78 is 28.7. The minimum atomic E-state index is -3.94. The van der Waals surface area contributed by atoms with Crippen LogP contribution in [0.1, 0.15) is 42.5 Å². The van der Waals surface area contributed by atoms with E-state index in [0.29, 0.717) is 24.2 Å². The van der Waals surface area contributed by atoms with E-state index in [4.69, 9.17) is 0 Å². The van der Waals surface area contributed by atoms with Crippen molar-refractivity contribution in [2.24, 2.45) is 0 Å². The summed E-state index contributed by atoms with van der Waals surface area (Å²) in [6, 6.07) is 14.1. The standard InChI is InChI=1S/C24H26N4O3S/c1-16-8-6-9-17(2)23(16)21-15-19-10-4-3-5-13-22(29)25-18-11-7-12-20(14-18)32(30,31)28-24(26-19)27-21/h6-9,11-12,14-15H,3-5,10,13H2,1-2H3,(H,25,29)(H,26,27,28). The summed E-state index contributed by atoms with van der Waals surface area (Å²) in [6.07, 6.45) is 3.53. The monoisotopic (exact) mass is 450 g/mol. The molecule has 0 radical (unpaired) electrons. The van der Waals surface area contributed by atoms with Gasteiger partial charge in [-0.25, -0.2) is 23.1 Å². The summed E-state index contributed by atoms with van der Waals surface area (Å²) in [5.41, 5.74) is 5.00. The average Bonchev–Trinajstić information content (AvgIpc) is 2.73. The number of sulfonamides is 1. The van der Waals surface area contributed by atoms with Crippen molar-refractivity contribution in [2.75, 3.05) is 10.0 Å². The van der Waals surface area contributed by atoms with E-state index in [1.807, 2.05) is 38.1 Å². The topological polar surface area (TPSA) is 101 Å². The summed E-state index contributed by atoms with van der Waals surface area (Å²) in [5.74, 6) is -0.0792. The second-order valence-corrected chi connectivity index (χ2v) is 9.76. The van der Waals surface area contributed by atoms with Crippen molar-refractivity contribution in [2.45, 2.75) is 50.8 Å². The average molecular weight is 451 g/mol. The van der Waals surface area contributed by atoms with Gasteiger partial charge in [0.05, 0.1) is 10.6 Å². The quantitative estimate of drug-likeness (QED) is 0.563. The Kier molecular flexibility index (Phi) is 6.23. The number of hydrogen-bond acceptors (Lipinski definition) is 5. The van der Waals surface area contributed by atoms with E-state index < -0.39 is 10.0 Å². The van der Waals surface area contributed by atoms with Gasteiger partial charge in [-0.1, -0.05) is 30.7 Å². The van der Waals surface area contributed by atoms with Crippen LogP contribution in [0.3, 0.4) is 0 Å². The third kappa shape index (κ3) is 4.96. The van der Waals surface area contributed by atoms with Gasteiger partial charge in [-0.2, -0.15) is 0 Å². The van der Waals surface area contributed by atoms with Gasteiger partial charge in [-0.05, 0) is 68.5 Å². The Balaban J connectivity index is 1.80. The molecule has 1 aromatic heterocycles. The fraction of sp³-hybridized carbons (Fsp3) is 0.292. The minimum absolute atomic E-state index is 0.0350. The molecule has 1 amide bonds. The molecule has 7 nitrogen and oxygen atoms in total. The Morgan fingerprint density at radius 3 is 2.38 bits per heavy atom. The van der Waals surface area contributed by atoms with Crippen LogP contribution in [0.5, 0.6) is 0 Å². The molecule has 0 saturated heterocycles. The summed E-state index contributed by atoms with van der Waals surface area (Å²) in [6.45, 7) is 4.03. The molecule has 2 aromatic carbocycles. The predicted octanol–water partition coefficient (Wildman–Crippen LogP) is 4.62. The molecule has 0 aliphatic carbocycles. The van der Waals surface area contributed by atoms with E-state index in [-0.39, 0.29) is 16.8 Å². The molecule has 4 bridgehead atoms. The first-order valence-electron chi connectivity index (χ1n) is 10.7. The molecule has 1 aliphatic rings. The number of rotatable bonds is 1. The SMILES string of the molecule is Cc1cccc(C)c1-c1cc2nc(n1)NS(=O)(=O)c1cccc(c1)NC(=O)CCCCC2. The van der Waals surface area contributed by atoms with Gasteiger partial charge < -0.3 is 5.32 Å². The van der Waals surface area contributed by atoms with Crippen LogP contribution in [-0.4, -0.2) is 24.3 Å². The van der Waals surface area contributed by atoms with E-state index in [0.717, 1.165) is 41.6 Å². The van der Waals surface area contributed by atoms with Crippen molar-refractivity contribution < 1.29 is 13.2 Å². The van der Waals surface area contributed by atoms with Gasteiger partial charge in [0.1, 0.15) is 0 Å². The summed E-state index contributed by atoms with van der Waals surface area (Å²) >= 11 is 0. The summed E-state index contributed by atoms with van der Waals surface area (Å²) in [7, 11) is -3.94. The number of benzene rings is 2. The number of hydrogen-bond donors (Lipinski definition) is 2. The van der Waals surface area contributed by atoms with Crippen LogP contribution >= 0.6 is 0 Å². The van der Waals surface area contributed by atoms with Gasteiger partial charge in [0.25, 0.3) is 10.0 Å². The number of carbonyl (C=O) groups excluding carboxylic acids is 1. The predicted molar refractivity (Wildman–Crippen MR) is 125 cm³/mol. The van der Waals surface area contributed by atoms with Crippen LogP contribution in [0.2, 0.25) is 0 Å². The molecule has 32 heavy (non-hydrogen) atoms. The van der Waals surface area contributed by atoms with Crippen LogP contribution in [0, 0.1) is 13.8 Å². The minimum Gasteiger partial charge on any atom is -0.326 e. The van der Waals surface area contributed by atoms with E-state index in [1.54, 1.807) is 12.1 Å². The fourth-order valence-electron chi connectivity index (χ4n) is 3.93. The molecule has 1 aliphatic heterocycles. The zero-order chi connectivity index (χ0) is 22.7. The Bertz CT molecular complexity index is 1250. The van der Waals surface area contributed by atoms with Gasteiger partial charge in [0.2, 0.25) is 11.9 Å². The van der Waals surface area contributed by atoms with Crippen LogP contribution in [0.4, 0.5) is 11.6 Å². The number of carbonyl (C=O) groups is 1. The maximum atomic E-state index is 13.1. The van der Waals surface area contributed by atoms with E-state index in [2.05, 4.69) is 20.0 Å². The third-order valence-electron chi connectivity index (χ3n) is 5.51. The highest BCUT2D eigenvalue weighted by atomic mass is 32.2. The number of fused-ring (bicyclic) bond motifs is 4. The lowest BCUT2D eigenvalue weighted by Gasteiger charge is -2.14. The van der Waals surface area contributed by atoms with Gasteiger partial charge in [-0.15, -0.1) is 0 Å². The van der Waals surface area contributed by atoms with Gasteiger partial charge in [-0.3, -0.25) is 4.79 Å². The zero-order valence-electron chi connectivity index (χ0n) is 18.2. The van der Waals surface area contributed by atoms with Gasteiger partial charge in [0.15, 0.2) is 0 Å². The van der Waals surface area contributed by atoms with Crippen molar-refractivity contribution >= 4 is 27.6 Å². The number of nitrogens with zero attached hydrogens (tertiary/aromatic N) is 2. The molecule has 2 heterocycles. The molecule has 0 unspecified atom stereocenters. The molecule has 4 rings (SSSR count). The smallest absolute Gasteiger partial charge is 0.264 e. The second-order valence-electron chi connectivity index (χ2n) is 8.08. The molecule has 0 atom stereocenters. The summed E-state index contributed by atoms with van der Waals surface area (Å²) in [4.78, 5) is 21.3. The van der Waals surface area contributed by atoms with Crippen molar-refractivity contribution in [3.63, 3.8) is 0 Å². The lowest BCUT2D eigenvalue weighted by molar-refractivity contribution is -0.116. The van der Waals surface area contributed by atoms with Crippen molar-refractivity contribution in [1.29, 1.82) is 0 Å². The first kappa shape index (κ1) is 22.0. The van der Waals surface area contributed by atoms with E-state index in [1.165, 1.54) is 12.1 Å². The number of nitrogens with one attached hydrogen (secondary N) is 2.